The molecular formula is C11H17BrN2O3S. The third kappa shape index (κ3) is 3.20. The van der Waals surface area contributed by atoms with Gasteiger partial charge in [0, 0.05) is 12.2 Å². The van der Waals surface area contributed by atoms with Crippen molar-refractivity contribution in [3.63, 3.8) is 0 Å². The van der Waals surface area contributed by atoms with E-state index in [1.54, 1.807) is 27.7 Å². The maximum Gasteiger partial charge on any atom is 0.348 e. The van der Waals surface area contributed by atoms with Crippen molar-refractivity contribution >= 4 is 25.8 Å². The summed E-state index contributed by atoms with van der Waals surface area (Å²) in [7, 11) is -3.16. The molecule has 0 aliphatic heterocycles. The highest BCUT2D eigenvalue weighted by Crippen LogP contribution is 2.16. The van der Waals surface area contributed by atoms with Crippen LogP contribution < -0.4 is 5.69 Å². The summed E-state index contributed by atoms with van der Waals surface area (Å²) in [5, 5.41) is -0.435. The molecule has 0 radical (unpaired) electrons. The lowest BCUT2D eigenvalue weighted by Gasteiger charge is -2.13. The van der Waals surface area contributed by atoms with Crippen LogP contribution in [0, 0.1) is 13.8 Å². The van der Waals surface area contributed by atoms with E-state index in [1.807, 2.05) is 0 Å². The highest BCUT2D eigenvalue weighted by atomic mass is 79.9. The molecular weight excluding hydrogens is 320 g/mol. The van der Waals surface area contributed by atoms with Gasteiger partial charge >= 0.3 is 5.69 Å². The number of rotatable bonds is 4. The minimum Gasteiger partial charge on any atom is -0.294 e. The topological polar surface area (TPSA) is 69.0 Å². The SMILES string of the molecule is Cc1nc(=O)n(CCS(=O)(=O)C(C)C)c(C)c1Br. The molecule has 0 saturated heterocycles. The maximum absolute atomic E-state index is 11.7. The van der Waals surface area contributed by atoms with Crippen molar-refractivity contribution in [1.82, 2.24) is 9.55 Å². The molecule has 18 heavy (non-hydrogen) atoms. The smallest absolute Gasteiger partial charge is 0.294 e. The molecule has 1 aromatic rings. The molecule has 0 N–H and O–H groups in total. The Morgan fingerprint density at radius 2 is 1.89 bits per heavy atom. The van der Waals surface area contributed by atoms with E-state index in [4.69, 9.17) is 0 Å². The summed E-state index contributed by atoms with van der Waals surface area (Å²) in [4.78, 5) is 15.6. The summed E-state index contributed by atoms with van der Waals surface area (Å²) < 4.78 is 25.6. The molecule has 5 nitrogen and oxygen atoms in total. The Morgan fingerprint density at radius 1 is 1.33 bits per heavy atom. The van der Waals surface area contributed by atoms with Gasteiger partial charge in [-0.05, 0) is 43.6 Å². The summed E-state index contributed by atoms with van der Waals surface area (Å²) in [5.41, 5.74) is 0.902. The zero-order valence-electron chi connectivity index (χ0n) is 10.9. The Balaban J connectivity index is 3.08. The average Bonchev–Trinajstić information content (AvgIpc) is 2.25. The van der Waals surface area contributed by atoms with E-state index in [0.29, 0.717) is 11.4 Å². The molecule has 7 heteroatoms. The number of sulfone groups is 1. The minimum absolute atomic E-state index is 0.0530. The first-order valence-corrected chi connectivity index (χ1v) is 8.12. The molecule has 0 fully saturated rings. The number of hydrogen-bond acceptors (Lipinski definition) is 4. The summed E-state index contributed by atoms with van der Waals surface area (Å²) in [6.45, 7) is 6.90. The fraction of sp³-hybridized carbons (Fsp3) is 0.636. The zero-order valence-corrected chi connectivity index (χ0v) is 13.3. The Bertz CT molecular complexity index is 605. The van der Waals surface area contributed by atoms with Gasteiger partial charge in [-0.15, -0.1) is 0 Å². The normalized spacial score (nSPS) is 12.1. The van der Waals surface area contributed by atoms with E-state index in [-0.39, 0.29) is 12.3 Å². The molecule has 1 heterocycles. The first-order chi connectivity index (χ1) is 8.16. The van der Waals surface area contributed by atoms with E-state index < -0.39 is 20.8 Å². The van der Waals surface area contributed by atoms with E-state index in [0.717, 1.165) is 4.47 Å². The largest absolute Gasteiger partial charge is 0.348 e. The fourth-order valence-electron chi connectivity index (χ4n) is 1.49. The van der Waals surface area contributed by atoms with Gasteiger partial charge in [0.2, 0.25) is 0 Å². The predicted molar refractivity (Wildman–Crippen MR) is 74.6 cm³/mol. The maximum atomic E-state index is 11.7. The van der Waals surface area contributed by atoms with Gasteiger partial charge in [-0.25, -0.2) is 13.2 Å². The highest BCUT2D eigenvalue weighted by Gasteiger charge is 2.17. The van der Waals surface area contributed by atoms with Crippen LogP contribution in [-0.2, 0) is 16.4 Å². The molecule has 0 amide bonds. The lowest BCUT2D eigenvalue weighted by atomic mass is 10.3. The number of nitrogens with zero attached hydrogens (tertiary/aromatic N) is 2. The van der Waals surface area contributed by atoms with Crippen LogP contribution in [0.2, 0.25) is 0 Å². The molecule has 0 aliphatic rings. The van der Waals surface area contributed by atoms with Gasteiger partial charge in [0.05, 0.1) is 21.2 Å². The number of hydrogen-bond donors (Lipinski definition) is 0. The second kappa shape index (κ2) is 5.52. The minimum atomic E-state index is -3.16. The van der Waals surface area contributed by atoms with Crippen molar-refractivity contribution < 1.29 is 8.42 Å². The van der Waals surface area contributed by atoms with E-state index in [1.165, 1.54) is 4.57 Å². The second-order valence-corrected chi connectivity index (χ2v) is 7.92. The Morgan fingerprint density at radius 3 is 2.39 bits per heavy atom. The van der Waals surface area contributed by atoms with Crippen molar-refractivity contribution in [3.05, 3.63) is 26.3 Å². The average molecular weight is 337 g/mol. The third-order valence-electron chi connectivity index (χ3n) is 2.85. The summed E-state index contributed by atoms with van der Waals surface area (Å²) >= 11 is 3.34. The van der Waals surface area contributed by atoms with Gasteiger partial charge in [-0.2, -0.15) is 4.98 Å². The van der Waals surface area contributed by atoms with E-state index in [9.17, 15) is 13.2 Å². The van der Waals surface area contributed by atoms with Gasteiger partial charge in [0.25, 0.3) is 0 Å². The monoisotopic (exact) mass is 336 g/mol. The van der Waals surface area contributed by atoms with Crippen molar-refractivity contribution in [1.29, 1.82) is 0 Å². The van der Waals surface area contributed by atoms with Crippen molar-refractivity contribution in [3.8, 4) is 0 Å². The summed E-state index contributed by atoms with van der Waals surface area (Å²) in [5.74, 6) is -0.0530. The van der Waals surface area contributed by atoms with Crippen molar-refractivity contribution in [2.24, 2.45) is 0 Å². The molecule has 0 saturated carbocycles. The molecule has 0 atom stereocenters. The first kappa shape index (κ1) is 15.4. The Hall–Kier alpha value is -0.690. The van der Waals surface area contributed by atoms with Gasteiger partial charge in [0.15, 0.2) is 9.84 Å². The fourth-order valence-corrected chi connectivity index (χ4v) is 2.71. The molecule has 0 spiro atoms. The van der Waals surface area contributed by atoms with Crippen LogP contribution in [0.3, 0.4) is 0 Å². The van der Waals surface area contributed by atoms with Gasteiger partial charge in [-0.1, -0.05) is 0 Å². The summed E-state index contributed by atoms with van der Waals surface area (Å²) in [6, 6.07) is 0. The first-order valence-electron chi connectivity index (χ1n) is 5.62. The van der Waals surface area contributed by atoms with Crippen molar-refractivity contribution in [2.75, 3.05) is 5.75 Å². The molecule has 0 bridgehead atoms. The van der Waals surface area contributed by atoms with Gasteiger partial charge in [-0.3, -0.25) is 4.57 Å². The second-order valence-electron chi connectivity index (χ2n) is 4.45. The van der Waals surface area contributed by atoms with Gasteiger partial charge < -0.3 is 0 Å². The van der Waals surface area contributed by atoms with Crippen LogP contribution in [0.4, 0.5) is 0 Å². The number of aryl methyl sites for hydroxylation is 1. The van der Waals surface area contributed by atoms with E-state index >= 15 is 0 Å². The van der Waals surface area contributed by atoms with E-state index in [2.05, 4.69) is 20.9 Å². The lowest BCUT2D eigenvalue weighted by molar-refractivity contribution is 0.574. The van der Waals surface area contributed by atoms with Crippen LogP contribution in [0.1, 0.15) is 25.2 Å². The molecule has 1 aromatic heterocycles. The zero-order chi connectivity index (χ0) is 14.1. The number of halogens is 1. The summed E-state index contributed by atoms with van der Waals surface area (Å²) in [6.07, 6.45) is 0. The molecule has 0 aromatic carbocycles. The predicted octanol–water partition coefficient (Wildman–Crippen LogP) is 1.45. The molecule has 1 rings (SSSR count). The number of aromatic nitrogens is 2. The van der Waals surface area contributed by atoms with Crippen LogP contribution >= 0.6 is 15.9 Å². The van der Waals surface area contributed by atoms with Gasteiger partial charge in [0.1, 0.15) is 0 Å². The molecule has 0 unspecified atom stereocenters. The van der Waals surface area contributed by atoms with Crippen LogP contribution in [-0.4, -0.2) is 29.0 Å². The van der Waals surface area contributed by atoms with Crippen LogP contribution in [0.25, 0.3) is 0 Å². The Kier molecular flexibility index (Phi) is 4.72. The third-order valence-corrected chi connectivity index (χ3v) is 6.19. The quantitative estimate of drug-likeness (QED) is 0.834. The molecule has 0 aliphatic carbocycles. The van der Waals surface area contributed by atoms with Crippen molar-refractivity contribution in [2.45, 2.75) is 39.5 Å². The highest BCUT2D eigenvalue weighted by molar-refractivity contribution is 9.10. The lowest BCUT2D eigenvalue weighted by Crippen LogP contribution is -2.30. The van der Waals surface area contributed by atoms with Crippen LogP contribution in [0.5, 0.6) is 0 Å². The Labute approximate surface area is 115 Å². The standard InChI is InChI=1S/C11H17BrN2O3S/c1-7(2)18(16,17)6-5-14-9(4)10(12)8(3)13-11(14)15/h7H,5-6H2,1-4H3. The molecule has 102 valence electrons. The van der Waals surface area contributed by atoms with Crippen LogP contribution in [0.15, 0.2) is 9.27 Å².